The van der Waals surface area contributed by atoms with E-state index in [2.05, 4.69) is 10.2 Å². The third-order valence-electron chi connectivity index (χ3n) is 2.79. The molecule has 1 aliphatic heterocycles. The number of nitrogens with zero attached hydrogens (tertiary/aromatic N) is 2. The molecule has 1 aromatic heterocycles. The minimum Gasteiger partial charge on any atom is -0.489 e. The Balaban J connectivity index is 1.73. The number of ether oxygens (including phenoxy) is 2. The van der Waals surface area contributed by atoms with Gasteiger partial charge in [0.25, 0.3) is 0 Å². The Hall–Kier alpha value is -0.630. The fraction of sp³-hybridized carbons (Fsp3) is 0.385. The zero-order valence-electron chi connectivity index (χ0n) is 11.3. The Morgan fingerprint density at radius 1 is 1.24 bits per heavy atom. The molecule has 0 aliphatic carbocycles. The molecule has 0 saturated heterocycles. The Bertz CT molecular complexity index is 636. The van der Waals surface area contributed by atoms with Gasteiger partial charge in [0.15, 0.2) is 20.2 Å². The summed E-state index contributed by atoms with van der Waals surface area (Å²) in [7, 11) is 0. The molecular weight excluding hydrogens is 348 g/mol. The maximum Gasteiger partial charge on any atom is 0.179 e. The maximum atomic E-state index is 6.29. The van der Waals surface area contributed by atoms with Crippen LogP contribution in [0.5, 0.6) is 11.5 Å². The first-order valence-corrected chi connectivity index (χ1v) is 9.75. The van der Waals surface area contributed by atoms with Gasteiger partial charge in [-0.1, -0.05) is 46.5 Å². The lowest BCUT2D eigenvalue weighted by molar-refractivity contribution is 0.297. The summed E-state index contributed by atoms with van der Waals surface area (Å²) in [4.78, 5) is 0. The van der Waals surface area contributed by atoms with Crippen LogP contribution in [0.2, 0.25) is 5.02 Å². The molecule has 0 unspecified atom stereocenters. The van der Waals surface area contributed by atoms with Crippen molar-refractivity contribution >= 4 is 46.5 Å². The summed E-state index contributed by atoms with van der Waals surface area (Å²) in [5.74, 6) is 2.17. The largest absolute Gasteiger partial charge is 0.489 e. The average molecular weight is 361 g/mol. The van der Waals surface area contributed by atoms with Gasteiger partial charge in [0.1, 0.15) is 0 Å². The van der Waals surface area contributed by atoms with E-state index in [0.717, 1.165) is 32.2 Å². The summed E-state index contributed by atoms with van der Waals surface area (Å²) in [6.07, 6.45) is 2.87. The molecule has 1 aromatic carbocycles. The monoisotopic (exact) mass is 360 g/mol. The molecule has 0 saturated carbocycles. The van der Waals surface area contributed by atoms with E-state index in [0.29, 0.717) is 24.0 Å². The normalized spacial score (nSPS) is 14.0. The van der Waals surface area contributed by atoms with E-state index < -0.39 is 0 Å². The predicted molar refractivity (Wildman–Crippen MR) is 88.3 cm³/mol. The second kappa shape index (κ2) is 7.09. The van der Waals surface area contributed by atoms with E-state index >= 15 is 0 Å². The molecular formula is C13H13ClN2O2S3. The van der Waals surface area contributed by atoms with E-state index in [-0.39, 0.29) is 0 Å². The first kappa shape index (κ1) is 15.3. The van der Waals surface area contributed by atoms with Crippen molar-refractivity contribution in [2.45, 2.75) is 20.9 Å². The predicted octanol–water partition coefficient (Wildman–Crippen LogP) is 4.37. The average Bonchev–Trinajstić information content (AvgIpc) is 2.82. The molecule has 8 heteroatoms. The topological polar surface area (TPSA) is 44.2 Å². The third-order valence-corrected chi connectivity index (χ3v) is 6.17. The highest BCUT2D eigenvalue weighted by Crippen LogP contribution is 2.39. The molecule has 0 bridgehead atoms. The van der Waals surface area contributed by atoms with E-state index in [4.69, 9.17) is 21.1 Å². The standard InChI is InChI=1S/C13H13ClN2O2S3/c1-19-12-15-16-13(21-12)20-7-8-5-9(14)11-10(6-8)17-3-2-4-18-11/h5-6H,2-4,7H2,1H3. The van der Waals surface area contributed by atoms with Crippen LogP contribution in [0, 0.1) is 0 Å². The van der Waals surface area contributed by atoms with Crippen LogP contribution < -0.4 is 9.47 Å². The number of fused-ring (bicyclic) bond motifs is 1. The number of hydrogen-bond donors (Lipinski definition) is 0. The van der Waals surface area contributed by atoms with Crippen LogP contribution in [-0.4, -0.2) is 29.7 Å². The van der Waals surface area contributed by atoms with Crippen LogP contribution in [0.15, 0.2) is 20.8 Å². The van der Waals surface area contributed by atoms with Crippen LogP contribution in [-0.2, 0) is 5.75 Å². The van der Waals surface area contributed by atoms with E-state index in [1.54, 1.807) is 34.9 Å². The lowest BCUT2D eigenvalue weighted by atomic mass is 10.2. The van der Waals surface area contributed by atoms with Crippen molar-refractivity contribution in [3.05, 3.63) is 22.7 Å². The molecule has 3 rings (SSSR count). The van der Waals surface area contributed by atoms with Gasteiger partial charge < -0.3 is 9.47 Å². The first-order chi connectivity index (χ1) is 10.3. The van der Waals surface area contributed by atoms with Crippen molar-refractivity contribution in [1.82, 2.24) is 10.2 Å². The maximum absolute atomic E-state index is 6.29. The molecule has 0 atom stereocenters. The van der Waals surface area contributed by atoms with Crippen molar-refractivity contribution in [3.63, 3.8) is 0 Å². The fourth-order valence-corrected chi connectivity index (χ4v) is 4.51. The number of aromatic nitrogens is 2. The summed E-state index contributed by atoms with van der Waals surface area (Å²) in [6, 6.07) is 3.93. The number of benzene rings is 1. The van der Waals surface area contributed by atoms with Crippen LogP contribution in [0.4, 0.5) is 0 Å². The molecule has 0 amide bonds. The molecule has 0 spiro atoms. The Labute approximate surface area is 140 Å². The van der Waals surface area contributed by atoms with Crippen LogP contribution in [0.25, 0.3) is 0 Å². The number of rotatable bonds is 4. The summed E-state index contributed by atoms with van der Waals surface area (Å²) in [5.41, 5.74) is 1.09. The van der Waals surface area contributed by atoms with Crippen molar-refractivity contribution < 1.29 is 9.47 Å². The second-order valence-corrected chi connectivity index (χ2v) is 7.94. The van der Waals surface area contributed by atoms with Gasteiger partial charge in [-0.3, -0.25) is 0 Å². The molecule has 1 aliphatic rings. The molecule has 2 aromatic rings. The smallest absolute Gasteiger partial charge is 0.179 e. The number of hydrogen-bond acceptors (Lipinski definition) is 7. The van der Waals surface area contributed by atoms with Gasteiger partial charge in [-0.2, -0.15) is 0 Å². The summed E-state index contributed by atoms with van der Waals surface area (Å²) in [5, 5.41) is 8.84. The van der Waals surface area contributed by atoms with Crippen LogP contribution in [0.1, 0.15) is 12.0 Å². The number of halogens is 1. The lowest BCUT2D eigenvalue weighted by Gasteiger charge is -2.11. The SMILES string of the molecule is CSc1nnc(SCc2cc(Cl)c3c(c2)OCCCO3)s1. The van der Waals surface area contributed by atoms with Crippen molar-refractivity contribution in [2.75, 3.05) is 19.5 Å². The molecule has 0 radical (unpaired) electrons. The molecule has 0 N–H and O–H groups in total. The Kier molecular flexibility index (Phi) is 5.15. The van der Waals surface area contributed by atoms with E-state index in [1.165, 1.54) is 0 Å². The van der Waals surface area contributed by atoms with Crippen molar-refractivity contribution in [2.24, 2.45) is 0 Å². The zero-order valence-corrected chi connectivity index (χ0v) is 14.5. The van der Waals surface area contributed by atoms with Crippen LogP contribution in [0.3, 0.4) is 0 Å². The van der Waals surface area contributed by atoms with E-state index in [1.807, 2.05) is 18.4 Å². The highest BCUT2D eigenvalue weighted by atomic mass is 35.5. The van der Waals surface area contributed by atoms with Gasteiger partial charge in [-0.05, 0) is 24.0 Å². The quantitative estimate of drug-likeness (QED) is 0.754. The highest BCUT2D eigenvalue weighted by molar-refractivity contribution is 8.02. The van der Waals surface area contributed by atoms with Crippen LogP contribution >= 0.6 is 46.5 Å². The van der Waals surface area contributed by atoms with Gasteiger partial charge in [-0.15, -0.1) is 10.2 Å². The molecule has 4 nitrogen and oxygen atoms in total. The minimum atomic E-state index is 0.604. The fourth-order valence-electron chi connectivity index (χ4n) is 1.85. The second-order valence-electron chi connectivity index (χ2n) is 4.28. The summed E-state index contributed by atoms with van der Waals surface area (Å²) < 4.78 is 13.3. The minimum absolute atomic E-state index is 0.604. The highest BCUT2D eigenvalue weighted by Gasteiger charge is 2.16. The molecule has 2 heterocycles. The van der Waals surface area contributed by atoms with E-state index in [9.17, 15) is 0 Å². The third kappa shape index (κ3) is 3.77. The zero-order chi connectivity index (χ0) is 14.7. The van der Waals surface area contributed by atoms with Gasteiger partial charge in [0, 0.05) is 12.2 Å². The Morgan fingerprint density at radius 2 is 2.05 bits per heavy atom. The van der Waals surface area contributed by atoms with Gasteiger partial charge in [0.05, 0.1) is 18.2 Å². The summed E-state index contributed by atoms with van der Waals surface area (Å²) in [6.45, 7) is 1.30. The van der Waals surface area contributed by atoms with Crippen molar-refractivity contribution in [1.29, 1.82) is 0 Å². The molecule has 112 valence electrons. The molecule has 21 heavy (non-hydrogen) atoms. The van der Waals surface area contributed by atoms with Gasteiger partial charge in [0.2, 0.25) is 0 Å². The molecule has 0 fully saturated rings. The van der Waals surface area contributed by atoms with Gasteiger partial charge in [-0.25, -0.2) is 0 Å². The Morgan fingerprint density at radius 3 is 2.86 bits per heavy atom. The number of thioether (sulfide) groups is 2. The summed E-state index contributed by atoms with van der Waals surface area (Å²) >= 11 is 11.1. The first-order valence-electron chi connectivity index (χ1n) is 6.34. The van der Waals surface area contributed by atoms with Gasteiger partial charge >= 0.3 is 0 Å². The van der Waals surface area contributed by atoms with Crippen molar-refractivity contribution in [3.8, 4) is 11.5 Å². The lowest BCUT2D eigenvalue weighted by Crippen LogP contribution is -1.97.